The molecule has 1 heterocycles. The van der Waals surface area contributed by atoms with E-state index in [4.69, 9.17) is 0 Å². The lowest BCUT2D eigenvalue weighted by molar-refractivity contribution is 0.475. The Labute approximate surface area is 117 Å². The van der Waals surface area contributed by atoms with Crippen molar-refractivity contribution < 1.29 is 4.39 Å². The van der Waals surface area contributed by atoms with Gasteiger partial charge < -0.3 is 0 Å². The second-order valence-corrected chi connectivity index (χ2v) is 4.58. The van der Waals surface area contributed by atoms with Gasteiger partial charge in [0.05, 0.1) is 11.4 Å². The molecule has 0 saturated heterocycles. The van der Waals surface area contributed by atoms with E-state index in [9.17, 15) is 4.39 Å². The number of anilines is 1. The Morgan fingerprint density at radius 1 is 1.25 bits per heavy atom. The Balaban J connectivity index is 2.21. The molecule has 1 N–H and O–H groups in total. The Morgan fingerprint density at radius 3 is 2.70 bits per heavy atom. The number of hydrogen-bond donors (Lipinski definition) is 1. The van der Waals surface area contributed by atoms with Crippen LogP contribution < -0.4 is 5.43 Å². The maximum atomic E-state index is 12.6. The first-order chi connectivity index (χ1) is 9.60. The van der Waals surface area contributed by atoms with E-state index in [0.29, 0.717) is 17.3 Å². The van der Waals surface area contributed by atoms with Gasteiger partial charge >= 0.3 is 0 Å². The van der Waals surface area contributed by atoms with Crippen LogP contribution in [0.25, 0.3) is 0 Å². The number of rotatable bonds is 4. The van der Waals surface area contributed by atoms with Gasteiger partial charge in [-0.3, -0.25) is 0 Å². The fraction of sp³-hybridized carbons (Fsp3) is 0.267. The molecular weight excluding hydrogens is 255 g/mol. The predicted molar refractivity (Wildman–Crippen MR) is 78.6 cm³/mol. The molecule has 1 aromatic heterocycles. The van der Waals surface area contributed by atoms with Crippen molar-refractivity contribution in [2.24, 2.45) is 5.10 Å². The number of aryl methyl sites for hydroxylation is 2. The SMILES string of the molecule is C/C(=N/Nc1nc(C)cc(CF)n1)c1ccccc1C. The van der Waals surface area contributed by atoms with Crippen LogP contribution in [0.4, 0.5) is 10.3 Å². The molecule has 0 spiro atoms. The van der Waals surface area contributed by atoms with Crippen LogP contribution in [0.1, 0.15) is 29.4 Å². The van der Waals surface area contributed by atoms with E-state index in [1.807, 2.05) is 38.1 Å². The van der Waals surface area contributed by atoms with E-state index in [0.717, 1.165) is 16.8 Å². The summed E-state index contributed by atoms with van der Waals surface area (Å²) in [5.74, 6) is 0.311. The molecule has 0 bridgehead atoms. The molecule has 20 heavy (non-hydrogen) atoms. The van der Waals surface area contributed by atoms with E-state index in [1.54, 1.807) is 13.0 Å². The van der Waals surface area contributed by atoms with E-state index < -0.39 is 6.67 Å². The molecule has 0 atom stereocenters. The highest BCUT2D eigenvalue weighted by atomic mass is 19.1. The molecule has 5 heteroatoms. The zero-order valence-corrected chi connectivity index (χ0v) is 11.8. The standard InChI is InChI=1S/C15H17FN4/c1-10-6-4-5-7-14(10)12(3)19-20-15-17-11(2)8-13(9-16)18-15/h4-8H,9H2,1-3H3,(H,17,18,20)/b19-12-. The molecule has 0 amide bonds. The molecule has 0 fully saturated rings. The van der Waals surface area contributed by atoms with Gasteiger partial charge in [-0.1, -0.05) is 24.3 Å². The summed E-state index contributed by atoms with van der Waals surface area (Å²) in [7, 11) is 0. The summed E-state index contributed by atoms with van der Waals surface area (Å²) in [5.41, 5.74) is 6.87. The number of nitrogens with zero attached hydrogens (tertiary/aromatic N) is 3. The first kappa shape index (κ1) is 14.1. The van der Waals surface area contributed by atoms with Crippen LogP contribution in [0.3, 0.4) is 0 Å². The second kappa shape index (κ2) is 6.23. The molecule has 0 saturated carbocycles. The van der Waals surface area contributed by atoms with Gasteiger partial charge in [0.2, 0.25) is 5.95 Å². The minimum absolute atomic E-state index is 0.311. The smallest absolute Gasteiger partial charge is 0.244 e. The normalized spacial score (nSPS) is 11.5. The van der Waals surface area contributed by atoms with Crippen molar-refractivity contribution in [3.63, 3.8) is 0 Å². The Bertz CT molecular complexity index is 638. The first-order valence-corrected chi connectivity index (χ1v) is 6.37. The highest BCUT2D eigenvalue weighted by molar-refractivity contribution is 6.00. The van der Waals surface area contributed by atoms with E-state index in [1.165, 1.54) is 0 Å². The number of halogens is 1. The lowest BCUT2D eigenvalue weighted by Crippen LogP contribution is -2.05. The molecule has 0 radical (unpaired) electrons. The Morgan fingerprint density at radius 2 is 2.00 bits per heavy atom. The van der Waals surface area contributed by atoms with Crippen LogP contribution in [0.15, 0.2) is 35.4 Å². The van der Waals surface area contributed by atoms with Crippen LogP contribution in [0.5, 0.6) is 0 Å². The number of alkyl halides is 1. The van der Waals surface area contributed by atoms with Crippen molar-refractivity contribution >= 4 is 11.7 Å². The molecule has 2 aromatic rings. The average molecular weight is 272 g/mol. The molecule has 4 nitrogen and oxygen atoms in total. The third-order valence-electron chi connectivity index (χ3n) is 2.90. The minimum Gasteiger partial charge on any atom is -0.245 e. The van der Waals surface area contributed by atoms with Crippen molar-refractivity contribution in [1.29, 1.82) is 0 Å². The summed E-state index contributed by atoms with van der Waals surface area (Å²) in [4.78, 5) is 8.21. The molecule has 0 unspecified atom stereocenters. The van der Waals surface area contributed by atoms with Gasteiger partial charge in [0.1, 0.15) is 6.67 Å². The van der Waals surface area contributed by atoms with Gasteiger partial charge in [-0.25, -0.2) is 19.8 Å². The Kier molecular flexibility index (Phi) is 4.40. The number of nitrogens with one attached hydrogen (secondary N) is 1. The molecule has 1 aromatic carbocycles. The fourth-order valence-corrected chi connectivity index (χ4v) is 1.93. The lowest BCUT2D eigenvalue weighted by atomic mass is 10.1. The van der Waals surface area contributed by atoms with Gasteiger partial charge in [0.25, 0.3) is 0 Å². The van der Waals surface area contributed by atoms with Crippen molar-refractivity contribution in [3.05, 3.63) is 52.8 Å². The van der Waals surface area contributed by atoms with Crippen molar-refractivity contribution in [2.45, 2.75) is 27.4 Å². The van der Waals surface area contributed by atoms with Crippen molar-refractivity contribution in [1.82, 2.24) is 9.97 Å². The molecule has 0 aliphatic rings. The fourth-order valence-electron chi connectivity index (χ4n) is 1.93. The van der Waals surface area contributed by atoms with Gasteiger partial charge in [-0.15, -0.1) is 0 Å². The monoisotopic (exact) mass is 272 g/mol. The van der Waals surface area contributed by atoms with E-state index in [2.05, 4.69) is 20.5 Å². The summed E-state index contributed by atoms with van der Waals surface area (Å²) >= 11 is 0. The molecule has 0 aliphatic heterocycles. The first-order valence-electron chi connectivity index (χ1n) is 6.37. The molecule has 0 aliphatic carbocycles. The van der Waals surface area contributed by atoms with Gasteiger partial charge in [-0.2, -0.15) is 5.10 Å². The Hall–Kier alpha value is -2.30. The van der Waals surface area contributed by atoms with Crippen LogP contribution in [-0.4, -0.2) is 15.7 Å². The van der Waals surface area contributed by atoms with E-state index in [-0.39, 0.29) is 0 Å². The second-order valence-electron chi connectivity index (χ2n) is 4.58. The third kappa shape index (κ3) is 3.38. The van der Waals surface area contributed by atoms with Crippen molar-refractivity contribution in [2.75, 3.05) is 5.43 Å². The zero-order valence-electron chi connectivity index (χ0n) is 11.8. The lowest BCUT2D eigenvalue weighted by Gasteiger charge is -2.06. The van der Waals surface area contributed by atoms with Crippen molar-refractivity contribution in [3.8, 4) is 0 Å². The molecule has 104 valence electrons. The number of hydrazone groups is 1. The summed E-state index contributed by atoms with van der Waals surface area (Å²) in [6.07, 6.45) is 0. The van der Waals surface area contributed by atoms with Gasteiger partial charge in [0, 0.05) is 11.3 Å². The summed E-state index contributed by atoms with van der Waals surface area (Å²) in [6.45, 7) is 5.11. The van der Waals surface area contributed by atoms with Gasteiger partial charge in [-0.05, 0) is 32.4 Å². The number of aromatic nitrogens is 2. The number of hydrogen-bond acceptors (Lipinski definition) is 4. The van der Waals surface area contributed by atoms with Crippen LogP contribution in [-0.2, 0) is 6.67 Å². The highest BCUT2D eigenvalue weighted by Crippen LogP contribution is 2.10. The summed E-state index contributed by atoms with van der Waals surface area (Å²) in [5, 5.41) is 4.26. The quantitative estimate of drug-likeness (QED) is 0.685. The topological polar surface area (TPSA) is 50.2 Å². The summed E-state index contributed by atoms with van der Waals surface area (Å²) < 4.78 is 12.6. The largest absolute Gasteiger partial charge is 0.245 e. The molecular formula is C15H17FN4. The maximum Gasteiger partial charge on any atom is 0.244 e. The maximum absolute atomic E-state index is 12.6. The predicted octanol–water partition coefficient (Wildman–Crippen LogP) is 3.40. The highest BCUT2D eigenvalue weighted by Gasteiger charge is 2.03. The third-order valence-corrected chi connectivity index (χ3v) is 2.90. The average Bonchev–Trinajstić information content (AvgIpc) is 2.44. The molecule has 2 rings (SSSR count). The van der Waals surface area contributed by atoms with Crippen LogP contribution >= 0.6 is 0 Å². The van der Waals surface area contributed by atoms with Crippen LogP contribution in [0.2, 0.25) is 0 Å². The number of benzene rings is 1. The zero-order chi connectivity index (χ0) is 14.5. The van der Waals surface area contributed by atoms with Gasteiger partial charge in [0.15, 0.2) is 0 Å². The van der Waals surface area contributed by atoms with E-state index >= 15 is 0 Å². The minimum atomic E-state index is -0.613. The summed E-state index contributed by atoms with van der Waals surface area (Å²) in [6, 6.07) is 9.59. The van der Waals surface area contributed by atoms with Crippen LogP contribution in [0, 0.1) is 13.8 Å².